The molecule has 7 nitrogen and oxygen atoms in total. The third-order valence-corrected chi connectivity index (χ3v) is 7.30. The minimum Gasteiger partial charge on any atom is -0.338 e. The smallest absolute Gasteiger partial charge is 0.321 e. The van der Waals surface area contributed by atoms with E-state index >= 15 is 0 Å². The summed E-state index contributed by atoms with van der Waals surface area (Å²) in [4.78, 5) is 31.6. The van der Waals surface area contributed by atoms with Crippen molar-refractivity contribution in [1.29, 1.82) is 0 Å². The number of urea groups is 2. The lowest BCUT2D eigenvalue weighted by molar-refractivity contribution is 0.134. The molecule has 0 atom stereocenters. The van der Waals surface area contributed by atoms with Gasteiger partial charge in [0.1, 0.15) is 5.82 Å². The Hall–Kier alpha value is -2.65. The number of hydrogen-bond acceptors (Lipinski definition) is 3. The van der Waals surface area contributed by atoms with Gasteiger partial charge >= 0.3 is 12.1 Å². The van der Waals surface area contributed by atoms with Crippen LogP contribution in [0.1, 0.15) is 51.0 Å². The van der Waals surface area contributed by atoms with Gasteiger partial charge in [-0.1, -0.05) is 73.2 Å². The van der Waals surface area contributed by atoms with E-state index in [9.17, 15) is 14.0 Å². The van der Waals surface area contributed by atoms with Gasteiger partial charge in [-0.2, -0.15) is 0 Å². The van der Waals surface area contributed by atoms with Crippen molar-refractivity contribution in [1.82, 2.24) is 20.0 Å². The molecule has 0 spiro atoms. The number of hydrogen-bond donors (Lipinski definition) is 2. The lowest BCUT2D eigenvalue weighted by Crippen LogP contribution is -2.52. The number of amides is 4. The predicted octanol–water partition coefficient (Wildman–Crippen LogP) is 6.31. The predicted molar refractivity (Wildman–Crippen MR) is 155 cm³/mol. The Kier molecular flexibility index (Phi) is 12.9. The maximum absolute atomic E-state index is 13.4. The molecule has 0 saturated carbocycles. The molecule has 2 aromatic rings. The summed E-state index contributed by atoms with van der Waals surface area (Å²) in [6.45, 7) is 7.32. The molecule has 208 valence electrons. The molecule has 1 saturated heterocycles. The zero-order valence-corrected chi connectivity index (χ0v) is 24.0. The molecule has 2 N–H and O–H groups in total. The molecule has 9 heteroatoms. The van der Waals surface area contributed by atoms with Crippen molar-refractivity contribution in [3.63, 3.8) is 0 Å². The molecule has 1 heterocycles. The van der Waals surface area contributed by atoms with Gasteiger partial charge in [-0.3, -0.25) is 4.90 Å². The first-order chi connectivity index (χ1) is 18.4. The van der Waals surface area contributed by atoms with E-state index in [1.54, 1.807) is 17.0 Å². The van der Waals surface area contributed by atoms with Crippen molar-refractivity contribution in [3.05, 3.63) is 64.4 Å². The second-order valence-corrected chi connectivity index (χ2v) is 10.7. The molecule has 1 aliphatic heterocycles. The Morgan fingerprint density at radius 3 is 2.39 bits per heavy atom. The van der Waals surface area contributed by atoms with E-state index in [0.29, 0.717) is 39.3 Å². The van der Waals surface area contributed by atoms with E-state index in [2.05, 4.69) is 38.4 Å². The second-order valence-electron chi connectivity index (χ2n) is 9.82. The average Bonchev–Trinajstić information content (AvgIpc) is 2.91. The molecule has 0 aliphatic carbocycles. The number of unbranched alkanes of at least 4 members (excludes halogenated alkanes) is 5. The van der Waals surface area contributed by atoms with Gasteiger partial charge in [0.15, 0.2) is 0 Å². The highest BCUT2D eigenvalue weighted by Crippen LogP contribution is 2.16. The first kappa shape index (κ1) is 29.9. The van der Waals surface area contributed by atoms with Crippen LogP contribution in [0.25, 0.3) is 0 Å². The highest BCUT2D eigenvalue weighted by molar-refractivity contribution is 9.10. The van der Waals surface area contributed by atoms with Crippen LogP contribution in [-0.4, -0.2) is 72.6 Å². The van der Waals surface area contributed by atoms with Gasteiger partial charge in [0, 0.05) is 62.5 Å². The monoisotopic (exact) mass is 589 g/mol. The highest BCUT2D eigenvalue weighted by Gasteiger charge is 2.22. The Balaban J connectivity index is 1.45. The van der Waals surface area contributed by atoms with Crippen molar-refractivity contribution in [2.75, 3.05) is 51.1 Å². The van der Waals surface area contributed by atoms with E-state index in [1.165, 1.54) is 37.8 Å². The molecule has 1 fully saturated rings. The lowest BCUT2D eigenvalue weighted by Gasteiger charge is -2.35. The van der Waals surface area contributed by atoms with Gasteiger partial charge in [0.2, 0.25) is 0 Å². The van der Waals surface area contributed by atoms with Crippen molar-refractivity contribution < 1.29 is 14.0 Å². The van der Waals surface area contributed by atoms with E-state index in [-0.39, 0.29) is 17.9 Å². The second kappa shape index (κ2) is 16.3. The van der Waals surface area contributed by atoms with Crippen LogP contribution < -0.4 is 10.6 Å². The minimum absolute atomic E-state index is 0.0880. The zero-order chi connectivity index (χ0) is 27.2. The number of carbonyl (C=O) groups excluding carboxylic acids is 2. The number of piperazine rings is 1. The number of rotatable bonds is 13. The summed E-state index contributed by atoms with van der Waals surface area (Å²) in [5.74, 6) is -0.283. The molecular weight excluding hydrogens is 549 g/mol. The first-order valence-corrected chi connectivity index (χ1v) is 14.5. The molecule has 38 heavy (non-hydrogen) atoms. The number of nitrogens with one attached hydrogen (secondary N) is 2. The van der Waals surface area contributed by atoms with Crippen molar-refractivity contribution in [3.8, 4) is 0 Å². The van der Waals surface area contributed by atoms with Gasteiger partial charge in [0.05, 0.1) is 0 Å². The summed E-state index contributed by atoms with van der Waals surface area (Å²) in [7, 11) is 0. The number of nitrogens with zero attached hydrogens (tertiary/aromatic N) is 3. The van der Waals surface area contributed by atoms with Crippen LogP contribution in [0.2, 0.25) is 0 Å². The van der Waals surface area contributed by atoms with Gasteiger partial charge in [-0.05, 0) is 42.3 Å². The summed E-state index contributed by atoms with van der Waals surface area (Å²) >= 11 is 3.43. The SMILES string of the molecule is CCCCCCCCNC(=O)N(CCN1CCN(C(=O)Nc2cccc(Br)c2)CC1)Cc1ccc(F)cc1. The van der Waals surface area contributed by atoms with Gasteiger partial charge in [-0.25, -0.2) is 14.0 Å². The summed E-state index contributed by atoms with van der Waals surface area (Å²) in [5.41, 5.74) is 1.66. The topological polar surface area (TPSA) is 67.9 Å². The van der Waals surface area contributed by atoms with E-state index in [4.69, 9.17) is 0 Å². The Morgan fingerprint density at radius 2 is 1.68 bits per heavy atom. The normalized spacial score (nSPS) is 13.8. The molecule has 2 aromatic carbocycles. The Bertz CT molecular complexity index is 999. The quantitative estimate of drug-likeness (QED) is 0.269. The standard InChI is InChI=1S/C29H41BrFN5O2/c1-2-3-4-5-6-7-15-32-28(37)36(23-24-11-13-26(31)14-12-24)21-18-34-16-19-35(20-17-34)29(38)33-27-10-8-9-25(30)22-27/h8-14,22H,2-7,15-21,23H2,1H3,(H,32,37)(H,33,38). The number of halogens is 2. The molecule has 0 unspecified atom stereocenters. The fourth-order valence-electron chi connectivity index (χ4n) is 4.48. The zero-order valence-electron chi connectivity index (χ0n) is 22.4. The van der Waals surface area contributed by atoms with Crippen LogP contribution in [0, 0.1) is 5.82 Å². The molecule has 4 amide bonds. The number of anilines is 1. The summed E-state index contributed by atoms with van der Waals surface area (Å²) < 4.78 is 14.3. The van der Waals surface area contributed by atoms with Crippen LogP contribution >= 0.6 is 15.9 Å². The van der Waals surface area contributed by atoms with Gasteiger partial charge in [0.25, 0.3) is 0 Å². The molecule has 0 aromatic heterocycles. The van der Waals surface area contributed by atoms with E-state index in [0.717, 1.165) is 41.7 Å². The number of carbonyl (C=O) groups is 2. The van der Waals surface area contributed by atoms with Crippen LogP contribution in [-0.2, 0) is 6.54 Å². The lowest BCUT2D eigenvalue weighted by atomic mass is 10.1. The van der Waals surface area contributed by atoms with Gasteiger partial charge < -0.3 is 20.4 Å². The van der Waals surface area contributed by atoms with Crippen LogP contribution in [0.3, 0.4) is 0 Å². The Morgan fingerprint density at radius 1 is 0.974 bits per heavy atom. The van der Waals surface area contributed by atoms with Crippen LogP contribution in [0.4, 0.5) is 19.7 Å². The van der Waals surface area contributed by atoms with Crippen LogP contribution in [0.15, 0.2) is 53.0 Å². The van der Waals surface area contributed by atoms with Crippen molar-refractivity contribution in [2.24, 2.45) is 0 Å². The summed E-state index contributed by atoms with van der Waals surface area (Å²) in [6, 6.07) is 13.7. The molecule has 0 bridgehead atoms. The summed E-state index contributed by atoms with van der Waals surface area (Å²) in [5, 5.41) is 6.02. The average molecular weight is 591 g/mol. The molecule has 0 radical (unpaired) electrons. The minimum atomic E-state index is -0.283. The highest BCUT2D eigenvalue weighted by atomic mass is 79.9. The fourth-order valence-corrected chi connectivity index (χ4v) is 4.88. The summed E-state index contributed by atoms with van der Waals surface area (Å²) in [6.07, 6.45) is 7.04. The molecule has 3 rings (SSSR count). The molecule has 1 aliphatic rings. The van der Waals surface area contributed by atoms with E-state index < -0.39 is 0 Å². The maximum Gasteiger partial charge on any atom is 0.321 e. The third-order valence-electron chi connectivity index (χ3n) is 6.80. The van der Waals surface area contributed by atoms with Gasteiger partial charge in [-0.15, -0.1) is 0 Å². The molecular formula is C29H41BrFN5O2. The Labute approximate surface area is 234 Å². The van der Waals surface area contributed by atoms with Crippen molar-refractivity contribution in [2.45, 2.75) is 52.0 Å². The van der Waals surface area contributed by atoms with Crippen molar-refractivity contribution >= 4 is 33.7 Å². The largest absolute Gasteiger partial charge is 0.338 e. The fraction of sp³-hybridized carbons (Fsp3) is 0.517. The van der Waals surface area contributed by atoms with Crippen LogP contribution in [0.5, 0.6) is 0 Å². The number of benzene rings is 2. The van der Waals surface area contributed by atoms with E-state index in [1.807, 2.05) is 29.2 Å². The third kappa shape index (κ3) is 10.6. The first-order valence-electron chi connectivity index (χ1n) is 13.8. The maximum atomic E-state index is 13.4.